The maximum absolute atomic E-state index is 13.8. The van der Waals surface area contributed by atoms with E-state index in [0.717, 1.165) is 6.54 Å². The van der Waals surface area contributed by atoms with Crippen molar-refractivity contribution in [3.8, 4) is 0 Å². The van der Waals surface area contributed by atoms with Crippen molar-refractivity contribution >= 4 is 11.7 Å². The van der Waals surface area contributed by atoms with Gasteiger partial charge in [0.15, 0.2) is 0 Å². The number of para-hydroxylation sites is 1. The number of benzene rings is 1. The van der Waals surface area contributed by atoms with E-state index in [1.54, 1.807) is 18.2 Å². The number of halogens is 1. The van der Waals surface area contributed by atoms with Crippen LogP contribution < -0.4 is 4.90 Å². The summed E-state index contributed by atoms with van der Waals surface area (Å²) in [5.74, 6) is -1.14. The first-order chi connectivity index (χ1) is 8.58. The molecule has 18 heavy (non-hydrogen) atoms. The molecule has 0 aromatic heterocycles. The molecule has 5 heteroatoms. The predicted molar refractivity (Wildman–Crippen MR) is 67.3 cm³/mol. The average molecular weight is 252 g/mol. The zero-order chi connectivity index (χ0) is 13.1. The zero-order valence-corrected chi connectivity index (χ0v) is 10.3. The summed E-state index contributed by atoms with van der Waals surface area (Å²) in [7, 11) is 1.95. The largest absolute Gasteiger partial charge is 0.481 e. The quantitative estimate of drug-likeness (QED) is 0.883. The molecule has 0 radical (unpaired) electrons. The molecule has 1 aliphatic heterocycles. The standard InChI is InChI=1S/C13H17FN2O2/c1-15-6-7-16(10(9-15)8-13(17)18)12-5-3-2-4-11(12)14/h2-5,10H,6-9H2,1H3,(H,17,18). The lowest BCUT2D eigenvalue weighted by Gasteiger charge is -2.41. The Bertz CT molecular complexity index is 439. The molecule has 0 spiro atoms. The second-order valence-electron chi connectivity index (χ2n) is 4.66. The van der Waals surface area contributed by atoms with Crippen molar-refractivity contribution in [2.45, 2.75) is 12.5 Å². The number of hydrogen-bond acceptors (Lipinski definition) is 3. The molecule has 1 unspecified atom stereocenters. The third-order valence-corrected chi connectivity index (χ3v) is 3.26. The number of hydrogen-bond donors (Lipinski definition) is 1. The van der Waals surface area contributed by atoms with Gasteiger partial charge in [-0.1, -0.05) is 12.1 Å². The van der Waals surface area contributed by atoms with Gasteiger partial charge in [0.2, 0.25) is 0 Å². The molecular formula is C13H17FN2O2. The summed E-state index contributed by atoms with van der Waals surface area (Å²) in [5.41, 5.74) is 0.497. The summed E-state index contributed by atoms with van der Waals surface area (Å²) in [6.07, 6.45) is 0.0265. The maximum Gasteiger partial charge on any atom is 0.305 e. The van der Waals surface area contributed by atoms with Crippen LogP contribution in [-0.4, -0.2) is 48.7 Å². The Morgan fingerprint density at radius 3 is 2.83 bits per heavy atom. The Morgan fingerprint density at radius 1 is 1.44 bits per heavy atom. The van der Waals surface area contributed by atoms with Crippen molar-refractivity contribution in [3.05, 3.63) is 30.1 Å². The van der Waals surface area contributed by atoms with Gasteiger partial charge in [0.25, 0.3) is 0 Å². The van der Waals surface area contributed by atoms with Crippen molar-refractivity contribution < 1.29 is 14.3 Å². The summed E-state index contributed by atoms with van der Waals surface area (Å²) in [4.78, 5) is 14.8. The van der Waals surface area contributed by atoms with Crippen molar-refractivity contribution in [1.29, 1.82) is 0 Å². The van der Waals surface area contributed by atoms with E-state index in [0.29, 0.717) is 18.8 Å². The molecule has 1 aliphatic rings. The first kappa shape index (κ1) is 12.8. The van der Waals surface area contributed by atoms with Gasteiger partial charge < -0.3 is 14.9 Å². The van der Waals surface area contributed by atoms with Gasteiger partial charge in [-0.2, -0.15) is 0 Å². The predicted octanol–water partition coefficient (Wildman–Crippen LogP) is 1.42. The fourth-order valence-corrected chi connectivity index (χ4v) is 2.39. The number of rotatable bonds is 3. The number of likely N-dealkylation sites (N-methyl/N-ethyl adjacent to an activating group) is 1. The summed E-state index contributed by atoms with van der Waals surface area (Å²) in [6, 6.07) is 6.34. The minimum absolute atomic E-state index is 0.0265. The number of carboxylic acid groups (broad SMARTS) is 1. The van der Waals surface area contributed by atoms with Crippen LogP contribution in [0.2, 0.25) is 0 Å². The van der Waals surface area contributed by atoms with Gasteiger partial charge in [0, 0.05) is 19.6 Å². The van der Waals surface area contributed by atoms with Crippen molar-refractivity contribution in [1.82, 2.24) is 4.90 Å². The smallest absolute Gasteiger partial charge is 0.305 e. The number of nitrogens with zero attached hydrogens (tertiary/aromatic N) is 2. The van der Waals surface area contributed by atoms with Crippen LogP contribution >= 0.6 is 0 Å². The molecule has 1 fully saturated rings. The highest BCUT2D eigenvalue weighted by atomic mass is 19.1. The molecule has 1 N–H and O–H groups in total. The lowest BCUT2D eigenvalue weighted by Crippen LogP contribution is -2.53. The molecule has 1 heterocycles. The summed E-state index contributed by atoms with van der Waals surface area (Å²) >= 11 is 0. The van der Waals surface area contributed by atoms with E-state index in [4.69, 9.17) is 5.11 Å². The summed E-state index contributed by atoms with van der Waals surface area (Å²) in [6.45, 7) is 2.10. The first-order valence-corrected chi connectivity index (χ1v) is 5.99. The molecule has 0 saturated carbocycles. The Morgan fingerprint density at radius 2 is 2.17 bits per heavy atom. The van der Waals surface area contributed by atoms with E-state index in [-0.39, 0.29) is 18.3 Å². The van der Waals surface area contributed by atoms with Crippen LogP contribution in [0.5, 0.6) is 0 Å². The molecule has 0 bridgehead atoms. The molecular weight excluding hydrogens is 235 g/mol. The number of carbonyl (C=O) groups is 1. The second-order valence-corrected chi connectivity index (χ2v) is 4.66. The van der Waals surface area contributed by atoms with E-state index < -0.39 is 5.97 Å². The van der Waals surface area contributed by atoms with Crippen molar-refractivity contribution in [3.63, 3.8) is 0 Å². The van der Waals surface area contributed by atoms with Crippen LogP contribution in [0, 0.1) is 5.82 Å². The van der Waals surface area contributed by atoms with Crippen LogP contribution in [0.3, 0.4) is 0 Å². The third kappa shape index (κ3) is 2.79. The van der Waals surface area contributed by atoms with Crippen LogP contribution in [0.15, 0.2) is 24.3 Å². The lowest BCUT2D eigenvalue weighted by molar-refractivity contribution is -0.137. The van der Waals surface area contributed by atoms with Gasteiger partial charge in [0.1, 0.15) is 5.82 Å². The van der Waals surface area contributed by atoms with Gasteiger partial charge in [-0.15, -0.1) is 0 Å². The van der Waals surface area contributed by atoms with Gasteiger partial charge in [0.05, 0.1) is 18.2 Å². The Labute approximate surface area is 106 Å². The Kier molecular flexibility index (Phi) is 3.81. The number of carboxylic acids is 1. The zero-order valence-electron chi connectivity index (χ0n) is 10.3. The number of anilines is 1. The number of piperazine rings is 1. The highest BCUT2D eigenvalue weighted by Crippen LogP contribution is 2.24. The van der Waals surface area contributed by atoms with Crippen molar-refractivity contribution in [2.24, 2.45) is 0 Å². The fraction of sp³-hybridized carbons (Fsp3) is 0.462. The minimum atomic E-state index is -0.850. The second kappa shape index (κ2) is 5.35. The van der Waals surface area contributed by atoms with Crippen LogP contribution in [0.4, 0.5) is 10.1 Å². The summed E-state index contributed by atoms with van der Waals surface area (Å²) < 4.78 is 13.8. The monoisotopic (exact) mass is 252 g/mol. The molecule has 0 aliphatic carbocycles. The highest BCUT2D eigenvalue weighted by molar-refractivity contribution is 5.68. The normalized spacial score (nSPS) is 21.0. The lowest BCUT2D eigenvalue weighted by atomic mass is 10.1. The average Bonchev–Trinajstić information content (AvgIpc) is 2.30. The van der Waals surface area contributed by atoms with E-state index in [1.165, 1.54) is 6.07 Å². The molecule has 1 saturated heterocycles. The number of aliphatic carboxylic acids is 1. The van der Waals surface area contributed by atoms with Crippen molar-refractivity contribution in [2.75, 3.05) is 31.6 Å². The maximum atomic E-state index is 13.8. The molecule has 1 aromatic carbocycles. The molecule has 1 atom stereocenters. The fourth-order valence-electron chi connectivity index (χ4n) is 2.39. The highest BCUT2D eigenvalue weighted by Gasteiger charge is 2.28. The van der Waals surface area contributed by atoms with Gasteiger partial charge >= 0.3 is 5.97 Å². The Hall–Kier alpha value is -1.62. The minimum Gasteiger partial charge on any atom is -0.481 e. The van der Waals surface area contributed by atoms with Crippen LogP contribution in [0.25, 0.3) is 0 Å². The van der Waals surface area contributed by atoms with E-state index in [9.17, 15) is 9.18 Å². The van der Waals surface area contributed by atoms with E-state index >= 15 is 0 Å². The topological polar surface area (TPSA) is 43.8 Å². The molecule has 98 valence electrons. The SMILES string of the molecule is CN1CCN(c2ccccc2F)C(CC(=O)O)C1. The van der Waals surface area contributed by atoms with Crippen LogP contribution in [0.1, 0.15) is 6.42 Å². The van der Waals surface area contributed by atoms with Crippen LogP contribution in [-0.2, 0) is 4.79 Å². The molecule has 2 rings (SSSR count). The van der Waals surface area contributed by atoms with E-state index in [2.05, 4.69) is 4.90 Å². The van der Waals surface area contributed by atoms with Gasteiger partial charge in [-0.05, 0) is 19.2 Å². The summed E-state index contributed by atoms with van der Waals surface area (Å²) in [5, 5.41) is 8.95. The van der Waals surface area contributed by atoms with Gasteiger partial charge in [-0.3, -0.25) is 4.79 Å². The Balaban J connectivity index is 2.23. The van der Waals surface area contributed by atoms with Gasteiger partial charge in [-0.25, -0.2) is 4.39 Å². The molecule has 4 nitrogen and oxygen atoms in total. The molecule has 0 amide bonds. The molecule has 1 aromatic rings. The third-order valence-electron chi connectivity index (χ3n) is 3.26. The van der Waals surface area contributed by atoms with E-state index in [1.807, 2.05) is 11.9 Å². The first-order valence-electron chi connectivity index (χ1n) is 5.99.